The lowest BCUT2D eigenvalue weighted by Crippen LogP contribution is -2.03. The van der Waals surface area contributed by atoms with Crippen LogP contribution < -0.4 is 11.5 Å². The van der Waals surface area contributed by atoms with Crippen molar-refractivity contribution in [1.82, 2.24) is 0 Å². The molecule has 0 aliphatic carbocycles. The van der Waals surface area contributed by atoms with E-state index in [9.17, 15) is 0 Å². The first-order valence-corrected chi connectivity index (χ1v) is 3.78. The van der Waals surface area contributed by atoms with Gasteiger partial charge in [-0.25, -0.2) is 0 Å². The van der Waals surface area contributed by atoms with Crippen LogP contribution in [0.15, 0.2) is 12.1 Å². The molecule has 4 N–H and O–H groups in total. The number of benzene rings is 1. The topological polar surface area (TPSA) is 52.0 Å². The second-order valence-corrected chi connectivity index (χ2v) is 2.87. The van der Waals surface area contributed by atoms with Crippen LogP contribution in [0.25, 0.3) is 0 Å². The van der Waals surface area contributed by atoms with Crippen LogP contribution in [0.4, 0.5) is 5.69 Å². The minimum absolute atomic E-state index is 0.395. The highest BCUT2D eigenvalue weighted by Gasteiger charge is 2.03. The van der Waals surface area contributed by atoms with E-state index in [4.69, 9.17) is 23.1 Å². The van der Waals surface area contributed by atoms with Crippen LogP contribution in [0.1, 0.15) is 11.1 Å². The van der Waals surface area contributed by atoms with E-state index in [2.05, 4.69) is 0 Å². The summed E-state index contributed by atoms with van der Waals surface area (Å²) >= 11 is 5.84. The van der Waals surface area contributed by atoms with Crippen LogP contribution in [0.3, 0.4) is 0 Å². The van der Waals surface area contributed by atoms with Gasteiger partial charge in [-0.3, -0.25) is 0 Å². The Morgan fingerprint density at radius 3 is 2.55 bits per heavy atom. The van der Waals surface area contributed by atoms with Crippen LogP contribution in [-0.4, -0.2) is 0 Å². The molecule has 0 saturated heterocycles. The fraction of sp³-hybridized carbons (Fsp3) is 0.250. The first-order valence-electron chi connectivity index (χ1n) is 3.40. The molecular formula is C8H11ClN2. The molecule has 0 aromatic heterocycles. The molecule has 0 atom stereocenters. The van der Waals surface area contributed by atoms with E-state index in [1.165, 1.54) is 0 Å². The van der Waals surface area contributed by atoms with Crippen LogP contribution in [0, 0.1) is 6.92 Å². The van der Waals surface area contributed by atoms with Gasteiger partial charge in [-0.1, -0.05) is 17.7 Å². The van der Waals surface area contributed by atoms with E-state index < -0.39 is 0 Å². The van der Waals surface area contributed by atoms with Gasteiger partial charge in [-0.05, 0) is 18.6 Å². The van der Waals surface area contributed by atoms with E-state index in [1.54, 1.807) is 0 Å². The zero-order valence-corrected chi connectivity index (χ0v) is 7.15. The molecule has 0 fully saturated rings. The molecular weight excluding hydrogens is 160 g/mol. The maximum Gasteiger partial charge on any atom is 0.0471 e. The lowest BCUT2D eigenvalue weighted by molar-refractivity contribution is 1.07. The average Bonchev–Trinajstić information content (AvgIpc) is 1.99. The number of rotatable bonds is 1. The second-order valence-electron chi connectivity index (χ2n) is 2.46. The summed E-state index contributed by atoms with van der Waals surface area (Å²) in [6, 6.07) is 3.70. The molecule has 0 heterocycles. The molecule has 0 amide bonds. The first-order chi connectivity index (χ1) is 5.16. The van der Waals surface area contributed by atoms with E-state index in [1.807, 2.05) is 19.1 Å². The highest BCUT2D eigenvalue weighted by molar-refractivity contribution is 6.31. The van der Waals surface area contributed by atoms with Gasteiger partial charge in [0.15, 0.2) is 0 Å². The number of halogens is 1. The Kier molecular flexibility index (Phi) is 2.37. The van der Waals surface area contributed by atoms with Gasteiger partial charge in [-0.2, -0.15) is 0 Å². The van der Waals surface area contributed by atoms with Crippen molar-refractivity contribution in [1.29, 1.82) is 0 Å². The third-order valence-corrected chi connectivity index (χ3v) is 2.08. The molecule has 60 valence electrons. The first kappa shape index (κ1) is 8.37. The average molecular weight is 171 g/mol. The molecule has 0 aliphatic heterocycles. The molecule has 0 aliphatic rings. The minimum Gasteiger partial charge on any atom is -0.398 e. The number of aryl methyl sites for hydroxylation is 1. The summed E-state index contributed by atoms with van der Waals surface area (Å²) < 4.78 is 0. The Hall–Kier alpha value is -0.730. The fourth-order valence-electron chi connectivity index (χ4n) is 0.963. The van der Waals surface area contributed by atoms with Gasteiger partial charge in [0.2, 0.25) is 0 Å². The summed E-state index contributed by atoms with van der Waals surface area (Å²) in [6.07, 6.45) is 0. The monoisotopic (exact) mass is 170 g/mol. The van der Waals surface area contributed by atoms with E-state index in [0.717, 1.165) is 11.1 Å². The molecule has 1 rings (SSSR count). The number of nitrogens with two attached hydrogens (primary N) is 2. The van der Waals surface area contributed by atoms with Crippen molar-refractivity contribution in [2.45, 2.75) is 13.5 Å². The predicted molar refractivity (Wildman–Crippen MR) is 48.5 cm³/mol. The molecule has 1 aromatic carbocycles. The summed E-state index contributed by atoms with van der Waals surface area (Å²) in [5.41, 5.74) is 13.8. The molecule has 2 nitrogen and oxygen atoms in total. The van der Waals surface area contributed by atoms with E-state index >= 15 is 0 Å². The largest absolute Gasteiger partial charge is 0.398 e. The van der Waals surface area contributed by atoms with E-state index in [0.29, 0.717) is 17.3 Å². The summed E-state index contributed by atoms with van der Waals surface area (Å²) in [7, 11) is 0. The molecule has 0 spiro atoms. The van der Waals surface area contributed by atoms with Crippen molar-refractivity contribution in [3.8, 4) is 0 Å². The number of nitrogen functional groups attached to an aromatic ring is 1. The van der Waals surface area contributed by atoms with Crippen LogP contribution in [0.2, 0.25) is 5.02 Å². The minimum atomic E-state index is 0.395. The SMILES string of the molecule is Cc1ccc(Cl)c(CN)c1N. The predicted octanol–water partition coefficient (Wildman–Crippen LogP) is 1.69. The zero-order valence-electron chi connectivity index (χ0n) is 6.39. The smallest absolute Gasteiger partial charge is 0.0471 e. The van der Waals surface area contributed by atoms with Crippen molar-refractivity contribution < 1.29 is 0 Å². The lowest BCUT2D eigenvalue weighted by Gasteiger charge is -2.07. The molecule has 1 aromatic rings. The van der Waals surface area contributed by atoms with Crippen molar-refractivity contribution in [2.24, 2.45) is 5.73 Å². The van der Waals surface area contributed by atoms with Crippen LogP contribution in [-0.2, 0) is 6.54 Å². The summed E-state index contributed by atoms with van der Waals surface area (Å²) in [5, 5.41) is 0.649. The second kappa shape index (κ2) is 3.11. The van der Waals surface area contributed by atoms with E-state index in [-0.39, 0.29) is 0 Å². The van der Waals surface area contributed by atoms with Crippen molar-refractivity contribution in [3.63, 3.8) is 0 Å². The molecule has 0 saturated carbocycles. The van der Waals surface area contributed by atoms with Gasteiger partial charge in [0.25, 0.3) is 0 Å². The third kappa shape index (κ3) is 1.47. The number of hydrogen-bond donors (Lipinski definition) is 2. The highest BCUT2D eigenvalue weighted by atomic mass is 35.5. The maximum absolute atomic E-state index is 5.84. The maximum atomic E-state index is 5.84. The summed E-state index contributed by atoms with van der Waals surface area (Å²) in [4.78, 5) is 0. The highest BCUT2D eigenvalue weighted by Crippen LogP contribution is 2.24. The Labute approximate surface area is 71.1 Å². The fourth-order valence-corrected chi connectivity index (χ4v) is 1.20. The standard InChI is InChI=1S/C8H11ClN2/c1-5-2-3-7(9)6(4-10)8(5)11/h2-3H,4,10-11H2,1H3. The quantitative estimate of drug-likeness (QED) is 0.631. The summed E-state index contributed by atoms with van der Waals surface area (Å²) in [5.74, 6) is 0. The Morgan fingerprint density at radius 2 is 2.09 bits per heavy atom. The Morgan fingerprint density at radius 1 is 1.45 bits per heavy atom. The van der Waals surface area contributed by atoms with Crippen molar-refractivity contribution in [3.05, 3.63) is 28.3 Å². The van der Waals surface area contributed by atoms with Gasteiger partial charge in [-0.15, -0.1) is 0 Å². The van der Waals surface area contributed by atoms with Gasteiger partial charge >= 0.3 is 0 Å². The molecule has 3 heteroatoms. The number of hydrogen-bond acceptors (Lipinski definition) is 2. The van der Waals surface area contributed by atoms with Crippen LogP contribution in [0.5, 0.6) is 0 Å². The van der Waals surface area contributed by atoms with Gasteiger partial charge in [0.05, 0.1) is 0 Å². The Balaban J connectivity index is 3.29. The van der Waals surface area contributed by atoms with Gasteiger partial charge in [0.1, 0.15) is 0 Å². The van der Waals surface area contributed by atoms with Gasteiger partial charge < -0.3 is 11.5 Å². The molecule has 0 bridgehead atoms. The Bertz CT molecular complexity index is 271. The third-order valence-electron chi connectivity index (χ3n) is 1.72. The van der Waals surface area contributed by atoms with Crippen molar-refractivity contribution >= 4 is 17.3 Å². The summed E-state index contributed by atoms with van der Waals surface area (Å²) in [6.45, 7) is 2.33. The molecule has 0 radical (unpaired) electrons. The zero-order chi connectivity index (χ0) is 8.43. The molecule has 11 heavy (non-hydrogen) atoms. The van der Waals surface area contributed by atoms with Crippen LogP contribution >= 0.6 is 11.6 Å². The lowest BCUT2D eigenvalue weighted by atomic mass is 10.1. The molecule has 0 unspecified atom stereocenters. The van der Waals surface area contributed by atoms with Crippen molar-refractivity contribution in [2.75, 3.05) is 5.73 Å². The van der Waals surface area contributed by atoms with Gasteiger partial charge in [0, 0.05) is 22.8 Å². The normalized spacial score (nSPS) is 10.1. The number of anilines is 1.